The molecule has 0 saturated heterocycles. The third kappa shape index (κ3) is 6.27. The summed E-state index contributed by atoms with van der Waals surface area (Å²) in [5.41, 5.74) is 1.32. The molecule has 0 aliphatic carbocycles. The van der Waals surface area contributed by atoms with Crippen molar-refractivity contribution in [3.63, 3.8) is 0 Å². The monoisotopic (exact) mass is 405 g/mol. The number of nitrogens with one attached hydrogen (secondary N) is 1. The molecular weight excluding hydrogens is 378 g/mol. The van der Waals surface area contributed by atoms with E-state index >= 15 is 0 Å². The summed E-state index contributed by atoms with van der Waals surface area (Å²) in [6.45, 7) is 6.50. The van der Waals surface area contributed by atoms with Gasteiger partial charge in [0.25, 0.3) is 0 Å². The highest BCUT2D eigenvalue weighted by Crippen LogP contribution is 2.30. The number of phenols is 1. The minimum Gasteiger partial charge on any atom is -0.506 e. The third-order valence-corrected chi connectivity index (χ3v) is 5.33. The standard InChI is InChI=1S/C21H27NO5S/c1-21(2,3)15-7-12-19(23)18(14-15)22-20(24)6-5-13-27-16-8-10-17(11-9-16)28(4,25)26/h7-12,14,23H,5-6,13H2,1-4H3,(H,22,24). The summed E-state index contributed by atoms with van der Waals surface area (Å²) in [7, 11) is -3.23. The molecule has 0 heterocycles. The number of hydrogen-bond acceptors (Lipinski definition) is 5. The van der Waals surface area contributed by atoms with Gasteiger partial charge in [-0.1, -0.05) is 26.8 Å². The average molecular weight is 406 g/mol. The van der Waals surface area contributed by atoms with Gasteiger partial charge in [0, 0.05) is 12.7 Å². The maximum atomic E-state index is 12.1. The lowest BCUT2D eigenvalue weighted by Gasteiger charge is -2.20. The molecule has 28 heavy (non-hydrogen) atoms. The van der Waals surface area contributed by atoms with Crippen LogP contribution in [0.5, 0.6) is 11.5 Å². The van der Waals surface area contributed by atoms with Crippen molar-refractivity contribution in [3.8, 4) is 11.5 Å². The molecule has 0 atom stereocenters. The SMILES string of the molecule is CC(C)(C)c1ccc(O)c(NC(=O)CCCOc2ccc(S(C)(=O)=O)cc2)c1. The lowest BCUT2D eigenvalue weighted by molar-refractivity contribution is -0.116. The van der Waals surface area contributed by atoms with Gasteiger partial charge >= 0.3 is 0 Å². The number of amides is 1. The van der Waals surface area contributed by atoms with Crippen LogP contribution in [0.1, 0.15) is 39.2 Å². The molecule has 2 aromatic rings. The largest absolute Gasteiger partial charge is 0.506 e. The van der Waals surface area contributed by atoms with Gasteiger partial charge in [0.05, 0.1) is 17.2 Å². The fourth-order valence-corrected chi connectivity index (χ4v) is 3.15. The normalized spacial score (nSPS) is 11.9. The Morgan fingerprint density at radius 3 is 2.32 bits per heavy atom. The summed E-state index contributed by atoms with van der Waals surface area (Å²) in [5, 5.41) is 12.7. The summed E-state index contributed by atoms with van der Waals surface area (Å²) in [5.74, 6) is 0.365. The minimum atomic E-state index is -3.23. The van der Waals surface area contributed by atoms with Crippen LogP contribution in [0.4, 0.5) is 5.69 Å². The van der Waals surface area contributed by atoms with Crippen molar-refractivity contribution < 1.29 is 23.1 Å². The number of sulfone groups is 1. The Labute approximate surface area is 166 Å². The Morgan fingerprint density at radius 2 is 1.75 bits per heavy atom. The second-order valence-corrected chi connectivity index (χ2v) is 9.74. The third-order valence-electron chi connectivity index (χ3n) is 4.21. The highest BCUT2D eigenvalue weighted by atomic mass is 32.2. The fourth-order valence-electron chi connectivity index (χ4n) is 2.52. The molecule has 0 fully saturated rings. The van der Waals surface area contributed by atoms with Crippen molar-refractivity contribution in [3.05, 3.63) is 48.0 Å². The number of carbonyl (C=O) groups excluding carboxylic acids is 1. The zero-order chi connectivity index (χ0) is 20.9. The van der Waals surface area contributed by atoms with E-state index in [0.29, 0.717) is 24.5 Å². The van der Waals surface area contributed by atoms with Crippen LogP contribution in [0.2, 0.25) is 0 Å². The first-order valence-electron chi connectivity index (χ1n) is 9.03. The predicted molar refractivity (Wildman–Crippen MR) is 110 cm³/mol. The van der Waals surface area contributed by atoms with Crippen LogP contribution in [0.3, 0.4) is 0 Å². The molecule has 0 bridgehead atoms. The Bertz CT molecular complexity index is 928. The second kappa shape index (κ2) is 8.65. The molecule has 152 valence electrons. The molecule has 0 spiro atoms. The van der Waals surface area contributed by atoms with Gasteiger partial charge in [0.1, 0.15) is 11.5 Å². The van der Waals surface area contributed by atoms with Gasteiger partial charge in [-0.05, 0) is 53.8 Å². The van der Waals surface area contributed by atoms with Crippen LogP contribution in [0, 0.1) is 0 Å². The summed E-state index contributed by atoms with van der Waals surface area (Å²) >= 11 is 0. The average Bonchev–Trinajstić information content (AvgIpc) is 2.59. The van der Waals surface area contributed by atoms with E-state index in [-0.39, 0.29) is 28.4 Å². The maximum absolute atomic E-state index is 12.1. The molecule has 0 aliphatic heterocycles. The van der Waals surface area contributed by atoms with Gasteiger partial charge in [-0.25, -0.2) is 8.42 Å². The Morgan fingerprint density at radius 1 is 1.11 bits per heavy atom. The van der Waals surface area contributed by atoms with Crippen molar-refractivity contribution in [2.24, 2.45) is 0 Å². The van der Waals surface area contributed by atoms with Crippen LogP contribution in [-0.2, 0) is 20.0 Å². The molecular formula is C21H27NO5S. The number of phenolic OH excluding ortho intramolecular Hbond substituents is 1. The van der Waals surface area contributed by atoms with Crippen molar-refractivity contribution in [1.82, 2.24) is 0 Å². The number of hydrogen-bond donors (Lipinski definition) is 2. The lowest BCUT2D eigenvalue weighted by atomic mass is 9.87. The summed E-state index contributed by atoms with van der Waals surface area (Å²) in [4.78, 5) is 12.4. The fraction of sp³-hybridized carbons (Fsp3) is 0.381. The molecule has 0 unspecified atom stereocenters. The van der Waals surface area contributed by atoms with E-state index in [0.717, 1.165) is 11.8 Å². The zero-order valence-electron chi connectivity index (χ0n) is 16.7. The van der Waals surface area contributed by atoms with Gasteiger partial charge in [-0.2, -0.15) is 0 Å². The van der Waals surface area contributed by atoms with E-state index in [1.54, 1.807) is 24.3 Å². The molecule has 0 aliphatic rings. The van der Waals surface area contributed by atoms with Crippen molar-refractivity contribution >= 4 is 21.4 Å². The minimum absolute atomic E-state index is 0.0311. The van der Waals surface area contributed by atoms with Gasteiger partial charge in [-0.15, -0.1) is 0 Å². The van der Waals surface area contributed by atoms with E-state index in [4.69, 9.17) is 4.74 Å². The van der Waals surface area contributed by atoms with Crippen LogP contribution in [0.15, 0.2) is 47.4 Å². The van der Waals surface area contributed by atoms with E-state index in [1.807, 2.05) is 6.07 Å². The zero-order valence-corrected chi connectivity index (χ0v) is 17.5. The molecule has 1 amide bonds. The van der Waals surface area contributed by atoms with Gasteiger partial charge in [0.15, 0.2) is 9.84 Å². The number of carbonyl (C=O) groups is 1. The van der Waals surface area contributed by atoms with Crippen LogP contribution < -0.4 is 10.1 Å². The summed E-state index contributed by atoms with van der Waals surface area (Å²) in [6.07, 6.45) is 1.87. The first kappa shape index (κ1) is 21.8. The lowest BCUT2D eigenvalue weighted by Crippen LogP contribution is -2.15. The van der Waals surface area contributed by atoms with Gasteiger partial charge < -0.3 is 15.2 Å². The Balaban J connectivity index is 1.83. The van der Waals surface area contributed by atoms with Crippen LogP contribution in [0.25, 0.3) is 0 Å². The van der Waals surface area contributed by atoms with E-state index in [2.05, 4.69) is 26.1 Å². The molecule has 7 heteroatoms. The van der Waals surface area contributed by atoms with Crippen LogP contribution in [-0.4, -0.2) is 32.3 Å². The van der Waals surface area contributed by atoms with Crippen molar-refractivity contribution in [1.29, 1.82) is 0 Å². The topological polar surface area (TPSA) is 92.7 Å². The molecule has 6 nitrogen and oxygen atoms in total. The first-order chi connectivity index (χ1) is 13.0. The number of anilines is 1. The van der Waals surface area contributed by atoms with E-state index in [9.17, 15) is 18.3 Å². The number of ether oxygens (including phenoxy) is 1. The van der Waals surface area contributed by atoms with E-state index < -0.39 is 9.84 Å². The van der Waals surface area contributed by atoms with Crippen molar-refractivity contribution in [2.75, 3.05) is 18.2 Å². The molecule has 2 aromatic carbocycles. The summed E-state index contributed by atoms with van der Waals surface area (Å²) in [6, 6.07) is 11.4. The second-order valence-electron chi connectivity index (χ2n) is 7.73. The molecule has 0 radical (unpaired) electrons. The molecule has 0 saturated carbocycles. The number of aromatic hydroxyl groups is 1. The Kier molecular flexibility index (Phi) is 6.72. The van der Waals surface area contributed by atoms with Crippen LogP contribution >= 0.6 is 0 Å². The van der Waals surface area contributed by atoms with Gasteiger partial charge in [-0.3, -0.25) is 4.79 Å². The highest BCUT2D eigenvalue weighted by Gasteiger charge is 2.16. The number of benzene rings is 2. The first-order valence-corrected chi connectivity index (χ1v) is 10.9. The highest BCUT2D eigenvalue weighted by molar-refractivity contribution is 7.90. The molecule has 0 aromatic heterocycles. The molecule has 2 N–H and O–H groups in total. The Hall–Kier alpha value is -2.54. The summed E-state index contributed by atoms with van der Waals surface area (Å²) < 4.78 is 28.4. The smallest absolute Gasteiger partial charge is 0.224 e. The predicted octanol–water partition coefficient (Wildman–Crippen LogP) is 3.89. The number of rotatable bonds is 7. The van der Waals surface area contributed by atoms with Crippen molar-refractivity contribution in [2.45, 2.75) is 43.9 Å². The van der Waals surface area contributed by atoms with Gasteiger partial charge in [0.2, 0.25) is 5.91 Å². The quantitative estimate of drug-likeness (QED) is 0.538. The maximum Gasteiger partial charge on any atom is 0.224 e. The molecule has 2 rings (SSSR count). The van der Waals surface area contributed by atoms with E-state index in [1.165, 1.54) is 12.1 Å².